The molecule has 14 heavy (non-hydrogen) atoms. The van der Waals surface area contributed by atoms with Gasteiger partial charge in [-0.2, -0.15) is 0 Å². The van der Waals surface area contributed by atoms with Crippen LogP contribution in [0, 0.1) is 11.3 Å². The van der Waals surface area contributed by atoms with E-state index in [9.17, 15) is 5.11 Å². The molecule has 0 spiro atoms. The number of hydrogen-bond acceptors (Lipinski definition) is 2. The maximum absolute atomic E-state index is 10.7. The van der Waals surface area contributed by atoms with Gasteiger partial charge in [-0.25, -0.2) is 0 Å². The third-order valence-electron chi connectivity index (χ3n) is 3.37. The van der Waals surface area contributed by atoms with Gasteiger partial charge in [0.05, 0.1) is 0 Å². The number of rotatable bonds is 1. The van der Waals surface area contributed by atoms with Crippen LogP contribution in [-0.4, -0.2) is 5.11 Å². The van der Waals surface area contributed by atoms with Gasteiger partial charge < -0.3 is 5.11 Å². The summed E-state index contributed by atoms with van der Waals surface area (Å²) in [6.45, 7) is 6.65. The molecule has 78 valence electrons. The maximum Gasteiger partial charge on any atom is 0.102 e. The second kappa shape index (κ2) is 3.07. The molecule has 2 atom stereocenters. The Morgan fingerprint density at radius 1 is 1.50 bits per heavy atom. The van der Waals surface area contributed by atoms with Crippen molar-refractivity contribution in [2.24, 2.45) is 11.3 Å². The fourth-order valence-corrected chi connectivity index (χ4v) is 3.77. The van der Waals surface area contributed by atoms with E-state index in [0.29, 0.717) is 5.92 Å². The highest BCUT2D eigenvalue weighted by atomic mass is 32.1. The Hall–Kier alpha value is -0.340. The Bertz CT molecular complexity index is 315. The van der Waals surface area contributed by atoms with E-state index in [1.807, 2.05) is 11.4 Å². The number of thiophene rings is 1. The van der Waals surface area contributed by atoms with Crippen molar-refractivity contribution in [1.82, 2.24) is 0 Å². The molecular weight excluding hydrogens is 192 g/mol. The normalized spacial score (nSPS) is 36.1. The zero-order chi connectivity index (χ0) is 10.4. The van der Waals surface area contributed by atoms with E-state index in [2.05, 4.69) is 26.8 Å². The molecular formula is C12H18OS. The number of hydrogen-bond donors (Lipinski definition) is 1. The summed E-state index contributed by atoms with van der Waals surface area (Å²) in [4.78, 5) is 1.13. The highest BCUT2D eigenvalue weighted by molar-refractivity contribution is 7.10. The van der Waals surface area contributed by atoms with Crippen LogP contribution in [0.1, 0.15) is 38.5 Å². The quantitative estimate of drug-likeness (QED) is 0.753. The third-order valence-corrected chi connectivity index (χ3v) is 4.41. The monoisotopic (exact) mass is 210 g/mol. The lowest BCUT2D eigenvalue weighted by Crippen LogP contribution is -2.27. The molecule has 0 aromatic carbocycles. The largest absolute Gasteiger partial charge is 0.384 e. The first-order valence-corrected chi connectivity index (χ1v) is 6.08. The van der Waals surface area contributed by atoms with Crippen molar-refractivity contribution in [2.75, 3.05) is 0 Å². The molecule has 1 aromatic rings. The van der Waals surface area contributed by atoms with Crippen LogP contribution in [0.25, 0.3) is 0 Å². The Kier molecular flexibility index (Phi) is 2.24. The summed E-state index contributed by atoms with van der Waals surface area (Å²) in [5.41, 5.74) is -0.296. The van der Waals surface area contributed by atoms with Gasteiger partial charge in [-0.15, -0.1) is 11.3 Å². The molecule has 1 nitrogen and oxygen atoms in total. The molecule has 1 aromatic heterocycles. The van der Waals surface area contributed by atoms with Gasteiger partial charge in [0.1, 0.15) is 5.60 Å². The van der Waals surface area contributed by atoms with Crippen LogP contribution in [0.4, 0.5) is 0 Å². The minimum Gasteiger partial charge on any atom is -0.384 e. The molecule has 1 N–H and O–H groups in total. The third kappa shape index (κ3) is 1.51. The average molecular weight is 210 g/mol. The van der Waals surface area contributed by atoms with E-state index in [4.69, 9.17) is 0 Å². The van der Waals surface area contributed by atoms with Crippen LogP contribution in [-0.2, 0) is 5.60 Å². The molecule has 1 saturated carbocycles. The van der Waals surface area contributed by atoms with Crippen molar-refractivity contribution in [3.63, 3.8) is 0 Å². The van der Waals surface area contributed by atoms with Gasteiger partial charge in [-0.3, -0.25) is 0 Å². The Morgan fingerprint density at radius 2 is 2.21 bits per heavy atom. The van der Waals surface area contributed by atoms with Gasteiger partial charge in [0, 0.05) is 4.88 Å². The van der Waals surface area contributed by atoms with Gasteiger partial charge >= 0.3 is 0 Å². The summed E-state index contributed by atoms with van der Waals surface area (Å²) in [6.07, 6.45) is 2.00. The zero-order valence-electron chi connectivity index (χ0n) is 9.08. The summed E-state index contributed by atoms with van der Waals surface area (Å²) in [7, 11) is 0. The van der Waals surface area contributed by atoms with Crippen LogP contribution in [0.3, 0.4) is 0 Å². The second-order valence-corrected chi connectivity index (χ2v) is 6.30. The maximum atomic E-state index is 10.7. The lowest BCUT2D eigenvalue weighted by atomic mass is 9.88. The highest BCUT2D eigenvalue weighted by Crippen LogP contribution is 2.53. The molecule has 0 aliphatic heterocycles. The zero-order valence-corrected chi connectivity index (χ0v) is 9.90. The lowest BCUT2D eigenvalue weighted by Gasteiger charge is -2.27. The fourth-order valence-electron chi connectivity index (χ4n) is 2.83. The molecule has 2 rings (SSSR count). The van der Waals surface area contributed by atoms with Crippen LogP contribution in [0.5, 0.6) is 0 Å². The SMILES string of the molecule is CC1CC(C)(C)CC1(O)c1cccs1. The van der Waals surface area contributed by atoms with Crippen molar-refractivity contribution in [3.05, 3.63) is 22.4 Å². The predicted molar refractivity (Wildman–Crippen MR) is 60.4 cm³/mol. The fraction of sp³-hybridized carbons (Fsp3) is 0.667. The Balaban J connectivity index is 2.34. The topological polar surface area (TPSA) is 20.2 Å². The van der Waals surface area contributed by atoms with Gasteiger partial charge in [0.25, 0.3) is 0 Å². The van der Waals surface area contributed by atoms with Crippen molar-refractivity contribution in [2.45, 2.75) is 39.2 Å². The van der Waals surface area contributed by atoms with E-state index >= 15 is 0 Å². The molecule has 1 heterocycles. The predicted octanol–water partition coefficient (Wildman–Crippen LogP) is 3.39. The lowest BCUT2D eigenvalue weighted by molar-refractivity contribution is 0.00274. The second-order valence-electron chi connectivity index (χ2n) is 5.35. The van der Waals surface area contributed by atoms with E-state index in [0.717, 1.165) is 17.7 Å². The Morgan fingerprint density at radius 3 is 2.64 bits per heavy atom. The molecule has 1 aliphatic rings. The van der Waals surface area contributed by atoms with E-state index in [1.165, 1.54) is 0 Å². The smallest absolute Gasteiger partial charge is 0.102 e. The Labute approximate surface area is 89.8 Å². The molecule has 0 amide bonds. The summed E-state index contributed by atoms with van der Waals surface area (Å²) in [6, 6.07) is 4.08. The van der Waals surface area contributed by atoms with E-state index in [1.54, 1.807) is 11.3 Å². The average Bonchev–Trinajstić information content (AvgIpc) is 2.58. The van der Waals surface area contributed by atoms with Crippen LogP contribution >= 0.6 is 11.3 Å². The first kappa shape index (κ1) is 10.2. The van der Waals surface area contributed by atoms with E-state index < -0.39 is 5.60 Å². The molecule has 1 fully saturated rings. The van der Waals surface area contributed by atoms with Crippen LogP contribution < -0.4 is 0 Å². The van der Waals surface area contributed by atoms with Gasteiger partial charge in [0.2, 0.25) is 0 Å². The first-order chi connectivity index (χ1) is 6.44. The summed E-state index contributed by atoms with van der Waals surface area (Å²) in [5, 5.41) is 12.7. The van der Waals surface area contributed by atoms with Crippen molar-refractivity contribution < 1.29 is 5.11 Å². The summed E-state index contributed by atoms with van der Waals surface area (Å²) >= 11 is 1.67. The first-order valence-electron chi connectivity index (χ1n) is 5.20. The minimum atomic E-state index is -0.572. The molecule has 0 saturated heterocycles. The van der Waals surface area contributed by atoms with Crippen LogP contribution in [0.2, 0.25) is 0 Å². The van der Waals surface area contributed by atoms with Crippen molar-refractivity contribution >= 4 is 11.3 Å². The molecule has 2 heteroatoms. The molecule has 1 aliphatic carbocycles. The molecule has 0 radical (unpaired) electrons. The van der Waals surface area contributed by atoms with E-state index in [-0.39, 0.29) is 5.41 Å². The summed E-state index contributed by atoms with van der Waals surface area (Å²) < 4.78 is 0. The summed E-state index contributed by atoms with van der Waals surface area (Å²) in [5.74, 6) is 0.371. The van der Waals surface area contributed by atoms with Gasteiger partial charge in [0.15, 0.2) is 0 Å². The molecule has 0 bridgehead atoms. The van der Waals surface area contributed by atoms with Gasteiger partial charge in [-0.1, -0.05) is 26.8 Å². The number of aliphatic hydroxyl groups is 1. The van der Waals surface area contributed by atoms with Crippen molar-refractivity contribution in [3.8, 4) is 0 Å². The van der Waals surface area contributed by atoms with Crippen molar-refractivity contribution in [1.29, 1.82) is 0 Å². The molecule has 2 unspecified atom stereocenters. The standard InChI is InChI=1S/C12H18OS/c1-9-7-11(2,3)8-12(9,13)10-5-4-6-14-10/h4-6,9,13H,7-8H2,1-3H3. The minimum absolute atomic E-state index is 0.276. The highest BCUT2D eigenvalue weighted by Gasteiger charge is 2.48. The van der Waals surface area contributed by atoms with Crippen LogP contribution in [0.15, 0.2) is 17.5 Å². The van der Waals surface area contributed by atoms with Gasteiger partial charge in [-0.05, 0) is 35.6 Å².